The molecule has 0 radical (unpaired) electrons. The number of aromatic nitrogens is 1. The molecule has 4 aromatic rings. The quantitative estimate of drug-likeness (QED) is 0.371. The van der Waals surface area contributed by atoms with Crippen LogP contribution >= 0.6 is 0 Å². The van der Waals surface area contributed by atoms with Crippen molar-refractivity contribution in [3.63, 3.8) is 0 Å². The number of amides is 1. The first-order valence-electron chi connectivity index (χ1n) is 11.5. The second-order valence-electron chi connectivity index (χ2n) is 8.07. The van der Waals surface area contributed by atoms with Gasteiger partial charge in [0, 0.05) is 36.7 Å². The molecule has 0 unspecified atom stereocenters. The number of aromatic carboxylic acids is 1. The number of carbonyl (C=O) groups excluding carboxylic acids is 1. The van der Waals surface area contributed by atoms with Gasteiger partial charge in [0.1, 0.15) is 0 Å². The largest absolute Gasteiger partial charge is 1.00 e. The molecule has 0 saturated heterocycles. The first-order valence-corrected chi connectivity index (χ1v) is 11.5. The van der Waals surface area contributed by atoms with Gasteiger partial charge in [-0.1, -0.05) is 48.5 Å². The van der Waals surface area contributed by atoms with E-state index in [1.54, 1.807) is 24.4 Å². The van der Waals surface area contributed by atoms with Gasteiger partial charge < -0.3 is 16.7 Å². The standard InChI is InChI=1S/C29H27N3O3.Na.H/c1-3-32(4-2)25-12-8-11-21(16-25)22-13-14-26(29(34)35)27(17-22)31-28(33)24-15-23(18-30-19-24)20-9-6-5-7-10-20;;/h5-19H,3-4H2,1-2H3,(H,31,33)(H,34,35);;/q;+1;-1. The fourth-order valence-electron chi connectivity index (χ4n) is 4.03. The first-order chi connectivity index (χ1) is 17.0. The number of carbonyl (C=O) groups is 2. The van der Waals surface area contributed by atoms with Crippen molar-refractivity contribution in [2.24, 2.45) is 0 Å². The molecular formula is C29H28N3NaO3. The number of anilines is 2. The third-order valence-electron chi connectivity index (χ3n) is 5.91. The molecule has 2 N–H and O–H groups in total. The third kappa shape index (κ3) is 6.21. The van der Waals surface area contributed by atoms with Crippen molar-refractivity contribution in [3.8, 4) is 22.3 Å². The topological polar surface area (TPSA) is 82.5 Å². The van der Waals surface area contributed by atoms with Gasteiger partial charge in [0.2, 0.25) is 0 Å². The number of carboxylic acids is 1. The number of hydrogen-bond donors (Lipinski definition) is 2. The zero-order chi connectivity index (χ0) is 24.8. The molecule has 36 heavy (non-hydrogen) atoms. The van der Waals surface area contributed by atoms with Crippen LogP contribution in [0.25, 0.3) is 22.3 Å². The summed E-state index contributed by atoms with van der Waals surface area (Å²) in [6.45, 7) is 5.98. The van der Waals surface area contributed by atoms with E-state index in [4.69, 9.17) is 0 Å². The Kier molecular flexibility index (Phi) is 9.42. The molecule has 4 rings (SSSR count). The van der Waals surface area contributed by atoms with Crippen LogP contribution in [0, 0.1) is 0 Å². The second-order valence-corrected chi connectivity index (χ2v) is 8.07. The smallest absolute Gasteiger partial charge is 1.00 e. The zero-order valence-electron chi connectivity index (χ0n) is 21.7. The Balaban J connectivity index is 0.00000241. The van der Waals surface area contributed by atoms with Crippen LogP contribution in [0.5, 0.6) is 0 Å². The van der Waals surface area contributed by atoms with Crippen molar-refractivity contribution in [1.29, 1.82) is 0 Å². The summed E-state index contributed by atoms with van der Waals surface area (Å²) in [4.78, 5) is 31.4. The van der Waals surface area contributed by atoms with Crippen LogP contribution in [-0.4, -0.2) is 35.1 Å². The van der Waals surface area contributed by atoms with Gasteiger partial charge in [-0.2, -0.15) is 0 Å². The van der Waals surface area contributed by atoms with Crippen LogP contribution in [0.15, 0.2) is 91.3 Å². The molecule has 3 aromatic carbocycles. The van der Waals surface area contributed by atoms with Gasteiger partial charge in [-0.25, -0.2) is 4.79 Å². The normalized spacial score (nSPS) is 10.3. The number of hydrogen-bond acceptors (Lipinski definition) is 4. The minimum Gasteiger partial charge on any atom is -1.00 e. The van der Waals surface area contributed by atoms with E-state index in [-0.39, 0.29) is 42.2 Å². The van der Waals surface area contributed by atoms with Crippen LogP contribution in [-0.2, 0) is 0 Å². The summed E-state index contributed by atoms with van der Waals surface area (Å²) in [7, 11) is 0. The van der Waals surface area contributed by atoms with Crippen LogP contribution in [0.4, 0.5) is 11.4 Å². The molecule has 0 aliphatic heterocycles. The van der Waals surface area contributed by atoms with Gasteiger partial charge in [0.05, 0.1) is 16.8 Å². The number of carboxylic acid groups (broad SMARTS) is 1. The Morgan fingerprint density at radius 3 is 2.22 bits per heavy atom. The average molecular weight is 490 g/mol. The Labute approximate surface area is 234 Å². The van der Waals surface area contributed by atoms with E-state index in [1.165, 1.54) is 12.3 Å². The summed E-state index contributed by atoms with van der Waals surface area (Å²) in [5.41, 5.74) is 5.19. The summed E-state index contributed by atoms with van der Waals surface area (Å²) < 4.78 is 0. The second kappa shape index (κ2) is 12.5. The van der Waals surface area contributed by atoms with Crippen LogP contribution < -0.4 is 39.8 Å². The van der Waals surface area contributed by atoms with Crippen molar-refractivity contribution in [1.82, 2.24) is 4.98 Å². The summed E-state index contributed by atoms with van der Waals surface area (Å²) in [6.07, 6.45) is 3.16. The maximum Gasteiger partial charge on any atom is 1.00 e. The van der Waals surface area contributed by atoms with Gasteiger partial charge in [0.25, 0.3) is 5.91 Å². The monoisotopic (exact) mass is 489 g/mol. The van der Waals surface area contributed by atoms with E-state index in [1.807, 2.05) is 42.5 Å². The van der Waals surface area contributed by atoms with Crippen LogP contribution in [0.1, 0.15) is 36.0 Å². The molecule has 0 aliphatic carbocycles. The fourth-order valence-corrected chi connectivity index (χ4v) is 4.03. The maximum absolute atomic E-state index is 13.1. The predicted molar refractivity (Wildman–Crippen MR) is 141 cm³/mol. The molecule has 0 spiro atoms. The molecule has 0 saturated carbocycles. The van der Waals surface area contributed by atoms with E-state index < -0.39 is 11.9 Å². The molecule has 0 aliphatic rings. The number of pyridine rings is 1. The number of rotatable bonds is 8. The SMILES string of the molecule is CCN(CC)c1cccc(-c2ccc(C(=O)O)c(NC(=O)c3cncc(-c4ccccc4)c3)c2)c1.[H-].[Na+]. The average Bonchev–Trinajstić information content (AvgIpc) is 2.90. The first kappa shape index (κ1) is 27.1. The Morgan fingerprint density at radius 2 is 1.53 bits per heavy atom. The molecular weight excluding hydrogens is 461 g/mol. The molecule has 7 heteroatoms. The van der Waals surface area contributed by atoms with Gasteiger partial charge in [-0.3, -0.25) is 9.78 Å². The van der Waals surface area contributed by atoms with Crippen LogP contribution in [0.3, 0.4) is 0 Å². The summed E-state index contributed by atoms with van der Waals surface area (Å²) >= 11 is 0. The molecule has 1 amide bonds. The van der Waals surface area contributed by atoms with Gasteiger partial charge >= 0.3 is 35.5 Å². The van der Waals surface area contributed by atoms with E-state index in [0.29, 0.717) is 5.56 Å². The number of benzene rings is 3. The van der Waals surface area contributed by atoms with E-state index in [0.717, 1.165) is 41.0 Å². The molecule has 1 aromatic heterocycles. The van der Waals surface area contributed by atoms with Crippen molar-refractivity contribution in [3.05, 3.63) is 102 Å². The predicted octanol–water partition coefficient (Wildman–Crippen LogP) is 3.33. The molecule has 0 bridgehead atoms. The van der Waals surface area contributed by atoms with Crippen molar-refractivity contribution < 1.29 is 45.7 Å². The minimum atomic E-state index is -1.11. The third-order valence-corrected chi connectivity index (χ3v) is 5.91. The summed E-state index contributed by atoms with van der Waals surface area (Å²) in [6, 6.07) is 24.5. The molecule has 1 heterocycles. The fraction of sp³-hybridized carbons (Fsp3) is 0.138. The Bertz CT molecular complexity index is 1360. The van der Waals surface area contributed by atoms with Gasteiger partial charge in [0.15, 0.2) is 0 Å². The summed E-state index contributed by atoms with van der Waals surface area (Å²) in [5.74, 6) is -1.54. The van der Waals surface area contributed by atoms with E-state index >= 15 is 0 Å². The van der Waals surface area contributed by atoms with Crippen molar-refractivity contribution in [2.75, 3.05) is 23.3 Å². The molecule has 0 fully saturated rings. The zero-order valence-corrected chi connectivity index (χ0v) is 22.7. The van der Waals surface area contributed by atoms with Crippen molar-refractivity contribution in [2.45, 2.75) is 13.8 Å². The molecule has 178 valence electrons. The van der Waals surface area contributed by atoms with Gasteiger partial charge in [-0.05, 0) is 60.9 Å². The summed E-state index contributed by atoms with van der Waals surface area (Å²) in [5, 5.41) is 12.5. The van der Waals surface area contributed by atoms with Crippen molar-refractivity contribution >= 4 is 23.3 Å². The van der Waals surface area contributed by atoms with Crippen LogP contribution in [0.2, 0.25) is 0 Å². The number of nitrogens with one attached hydrogen (secondary N) is 1. The Hall–Kier alpha value is -3.45. The molecule has 6 nitrogen and oxygen atoms in total. The maximum atomic E-state index is 13.1. The number of nitrogens with zero attached hydrogens (tertiary/aromatic N) is 2. The van der Waals surface area contributed by atoms with E-state index in [2.05, 4.69) is 41.2 Å². The van der Waals surface area contributed by atoms with E-state index in [9.17, 15) is 14.7 Å². The van der Waals surface area contributed by atoms with Gasteiger partial charge in [-0.15, -0.1) is 0 Å². The minimum absolute atomic E-state index is 0. The molecule has 0 atom stereocenters. The Morgan fingerprint density at radius 1 is 0.833 bits per heavy atom.